The van der Waals surface area contributed by atoms with Gasteiger partial charge in [0.15, 0.2) is 46.0 Å². The summed E-state index contributed by atoms with van der Waals surface area (Å²) in [5.41, 5.74) is 7.52. The number of hydrogen-bond donors (Lipinski definition) is 11. The van der Waals surface area contributed by atoms with Gasteiger partial charge in [0.1, 0.15) is 89.2 Å². The summed E-state index contributed by atoms with van der Waals surface area (Å²) in [6, 6.07) is 29.9. The Morgan fingerprint density at radius 1 is 0.343 bits per heavy atom. The summed E-state index contributed by atoms with van der Waals surface area (Å²) in [5.74, 6) is -7.64. The van der Waals surface area contributed by atoms with Crippen LogP contribution in [0.3, 0.4) is 0 Å². The standard InChI is InChI=1S/C17H18O3.C12H15ClO3.C10H11ClO5.C10H10O5.C10H12O3.C8H8O5.C7H6O5/c1-12-9-10-15(17(18)19-3)16(13(12)2)20-11-14-7-5-4-6-8-14;1-8-4-5-10(12(14)15-3)11(9(8)2)16-7-6-13;1-15-10(14)6-2-3-7(12)8(13)9(6)16-5-4-11;1-13-10(12)6-2-3-7(11)9-8(6)14-4-5-15-9;1-6-4-5-8(10(12)13-3)9(11)7(6)2;1-13-8(12)4-2-3-5(9)7(11)6(4)10;8-4-2-1-3(7(11)12)5(9)6(4)10/h4-10H,11H2,1-3H3;4-5H,6-7H2,1-3H3;2-3,12-13H,4-5H2,1H3;2-3,11H,4-5H2,1H3;4-5,11H,1-3H3;2-3,9-11H,1H3;1-2,8-10H,(H,11,12). The molecule has 8 aromatic carbocycles. The highest BCUT2D eigenvalue weighted by atomic mass is 35.5. The second-order valence-electron chi connectivity index (χ2n) is 21.2. The van der Waals surface area contributed by atoms with Gasteiger partial charge in [-0.25, -0.2) is 33.6 Å². The molecule has 564 valence electrons. The number of carbonyl (C=O) groups is 7. The van der Waals surface area contributed by atoms with Crippen molar-refractivity contribution in [1.82, 2.24) is 0 Å². The van der Waals surface area contributed by atoms with Crippen LogP contribution >= 0.6 is 23.2 Å². The molecule has 0 unspecified atom stereocenters. The molecule has 0 aliphatic carbocycles. The van der Waals surface area contributed by atoms with E-state index in [1.165, 1.54) is 59.8 Å². The molecule has 105 heavy (non-hydrogen) atoms. The predicted molar refractivity (Wildman–Crippen MR) is 379 cm³/mol. The van der Waals surface area contributed by atoms with Crippen LogP contribution < -0.4 is 23.7 Å². The molecular formula is C74H80Cl2O29. The van der Waals surface area contributed by atoms with Gasteiger partial charge in [-0.2, -0.15) is 0 Å². The van der Waals surface area contributed by atoms with Gasteiger partial charge in [0.05, 0.1) is 54.4 Å². The number of phenols is 10. The molecule has 0 fully saturated rings. The van der Waals surface area contributed by atoms with E-state index >= 15 is 0 Å². The van der Waals surface area contributed by atoms with Crippen LogP contribution in [-0.4, -0.2) is 179 Å². The molecule has 0 radical (unpaired) electrons. The number of benzene rings is 8. The van der Waals surface area contributed by atoms with Gasteiger partial charge in [0.25, 0.3) is 0 Å². The number of carboxylic acids is 1. The number of carbonyl (C=O) groups excluding carboxylic acids is 6. The Hall–Kier alpha value is -12.4. The van der Waals surface area contributed by atoms with Crippen molar-refractivity contribution in [1.29, 1.82) is 0 Å². The molecular weight excluding hydrogens is 1420 g/mol. The van der Waals surface area contributed by atoms with Crippen LogP contribution in [0.1, 0.15) is 111 Å². The molecule has 31 heteroatoms. The van der Waals surface area contributed by atoms with Gasteiger partial charge in [-0.3, -0.25) is 0 Å². The minimum absolute atomic E-state index is 0.00634. The largest absolute Gasteiger partial charge is 0.507 e. The van der Waals surface area contributed by atoms with Crippen molar-refractivity contribution in [2.24, 2.45) is 0 Å². The number of esters is 6. The average Bonchev–Trinajstić information content (AvgIpc) is 0.821. The average molecular weight is 1500 g/mol. The number of alkyl halides is 2. The molecule has 0 amide bonds. The third kappa shape index (κ3) is 24.1. The highest BCUT2D eigenvalue weighted by Crippen LogP contribution is 2.43. The first-order valence-corrected chi connectivity index (χ1v) is 31.8. The normalized spacial score (nSPS) is 10.4. The number of carboxylic acid groups (broad SMARTS) is 1. The maximum atomic E-state index is 11.8. The molecule has 0 spiro atoms. The molecule has 1 aliphatic rings. The molecule has 0 saturated carbocycles. The van der Waals surface area contributed by atoms with Crippen molar-refractivity contribution in [2.45, 2.75) is 48.1 Å². The Balaban J connectivity index is 0.000000320. The van der Waals surface area contributed by atoms with Crippen LogP contribution in [0.5, 0.6) is 86.2 Å². The van der Waals surface area contributed by atoms with Crippen molar-refractivity contribution < 1.29 is 142 Å². The lowest BCUT2D eigenvalue weighted by atomic mass is 10.0. The molecule has 8 aromatic rings. The van der Waals surface area contributed by atoms with Crippen molar-refractivity contribution >= 4 is 65.0 Å². The maximum absolute atomic E-state index is 11.8. The monoisotopic (exact) mass is 1500 g/mol. The lowest BCUT2D eigenvalue weighted by Gasteiger charge is -2.20. The summed E-state index contributed by atoms with van der Waals surface area (Å²) in [7, 11) is 7.65. The Morgan fingerprint density at radius 2 is 0.667 bits per heavy atom. The van der Waals surface area contributed by atoms with Crippen molar-refractivity contribution in [3.63, 3.8) is 0 Å². The summed E-state index contributed by atoms with van der Waals surface area (Å²) >= 11 is 11.0. The minimum Gasteiger partial charge on any atom is -0.507 e. The van der Waals surface area contributed by atoms with Crippen LogP contribution in [-0.2, 0) is 35.0 Å². The summed E-state index contributed by atoms with van der Waals surface area (Å²) in [5, 5.41) is 100. The zero-order valence-electron chi connectivity index (χ0n) is 58.9. The topological polar surface area (TPSA) is 444 Å². The summed E-state index contributed by atoms with van der Waals surface area (Å²) < 4.78 is 54.3. The molecule has 11 N–H and O–H groups in total. The Morgan fingerprint density at radius 3 is 1.11 bits per heavy atom. The summed E-state index contributed by atoms with van der Waals surface area (Å²) in [6.07, 6.45) is 0. The first-order valence-electron chi connectivity index (χ1n) is 30.7. The lowest BCUT2D eigenvalue weighted by molar-refractivity contribution is 0.0581. The Kier molecular flexibility index (Phi) is 35.4. The number of aromatic carboxylic acids is 1. The second kappa shape index (κ2) is 42.8. The van der Waals surface area contributed by atoms with E-state index in [-0.39, 0.29) is 75.2 Å². The number of phenolic OH excluding ortho intramolecular Hbond substituents is 9. The van der Waals surface area contributed by atoms with E-state index in [4.69, 9.17) is 92.1 Å². The number of halogens is 2. The smallest absolute Gasteiger partial charge is 0.341 e. The Bertz CT molecular complexity index is 4180. The first kappa shape index (κ1) is 86.8. The van der Waals surface area contributed by atoms with E-state index in [0.29, 0.717) is 60.5 Å². The van der Waals surface area contributed by atoms with E-state index in [1.807, 2.05) is 77.1 Å². The van der Waals surface area contributed by atoms with Gasteiger partial charge in [-0.15, -0.1) is 23.2 Å². The quantitative estimate of drug-likeness (QED) is 0.0185. The van der Waals surface area contributed by atoms with Gasteiger partial charge < -0.3 is 108 Å². The van der Waals surface area contributed by atoms with Gasteiger partial charge >= 0.3 is 41.8 Å². The number of ether oxygens (including phenoxy) is 11. The van der Waals surface area contributed by atoms with Gasteiger partial charge in [0.2, 0.25) is 23.0 Å². The zero-order chi connectivity index (χ0) is 78.9. The number of aromatic hydroxyl groups is 10. The van der Waals surface area contributed by atoms with E-state index in [9.17, 15) is 54.0 Å². The number of fused-ring (bicyclic) bond motifs is 1. The Labute approximate surface area is 612 Å². The SMILES string of the molecule is COC(=O)c1ccc(C)c(C)c1O.COC(=O)c1ccc(C)c(C)c1OCCCl.COC(=O)c1ccc(C)c(C)c1OCc1ccccc1.COC(=O)c1ccc(O)c(O)c1O.COC(=O)c1ccc(O)c(O)c1OCCCl.COC(=O)c1ccc(O)c2c1OCCO2.O=C(O)c1ccc(O)c(O)c1O. The van der Waals surface area contributed by atoms with E-state index < -0.39 is 81.6 Å². The second-order valence-corrected chi connectivity index (χ2v) is 22.0. The highest BCUT2D eigenvalue weighted by Gasteiger charge is 2.26. The van der Waals surface area contributed by atoms with Crippen LogP contribution in [0.2, 0.25) is 0 Å². The number of hydrogen-bond acceptors (Lipinski definition) is 28. The van der Waals surface area contributed by atoms with E-state index in [1.54, 1.807) is 31.2 Å². The third-order valence-electron chi connectivity index (χ3n) is 14.6. The number of aryl methyl sites for hydroxylation is 3. The predicted octanol–water partition coefficient (Wildman–Crippen LogP) is 11.7. The molecule has 0 saturated heterocycles. The highest BCUT2D eigenvalue weighted by molar-refractivity contribution is 6.18. The van der Waals surface area contributed by atoms with Gasteiger partial charge in [-0.1, -0.05) is 48.5 Å². The van der Waals surface area contributed by atoms with E-state index in [0.717, 1.165) is 64.8 Å². The van der Waals surface area contributed by atoms with Crippen LogP contribution in [0.15, 0.2) is 115 Å². The molecule has 1 aliphatic heterocycles. The summed E-state index contributed by atoms with van der Waals surface area (Å²) in [6.45, 7) is 13.0. The molecule has 29 nitrogen and oxygen atoms in total. The molecule has 0 bridgehead atoms. The van der Waals surface area contributed by atoms with Crippen LogP contribution in [0.25, 0.3) is 0 Å². The fourth-order valence-electron chi connectivity index (χ4n) is 8.54. The van der Waals surface area contributed by atoms with Crippen molar-refractivity contribution in [2.75, 3.05) is 80.8 Å². The lowest BCUT2D eigenvalue weighted by Crippen LogP contribution is -2.18. The molecule has 0 aromatic heterocycles. The fraction of sp³-hybridized carbons (Fsp3) is 0.257. The van der Waals surface area contributed by atoms with Crippen molar-refractivity contribution in [3.8, 4) is 86.2 Å². The summed E-state index contributed by atoms with van der Waals surface area (Å²) in [4.78, 5) is 78.4. The molecule has 0 atom stereocenters. The van der Waals surface area contributed by atoms with Gasteiger partial charge in [-0.05, 0) is 147 Å². The number of methoxy groups -OCH3 is 6. The molecule has 1 heterocycles. The zero-order valence-corrected chi connectivity index (χ0v) is 60.5. The molecule has 9 rings (SSSR count). The minimum atomic E-state index is -1.37. The van der Waals surface area contributed by atoms with Crippen LogP contribution in [0.4, 0.5) is 0 Å². The fourth-order valence-corrected chi connectivity index (χ4v) is 8.69. The van der Waals surface area contributed by atoms with Crippen LogP contribution in [0, 0.1) is 41.5 Å². The van der Waals surface area contributed by atoms with Crippen molar-refractivity contribution in [3.05, 3.63) is 193 Å². The number of rotatable bonds is 16. The third-order valence-corrected chi connectivity index (χ3v) is 14.9. The first-order chi connectivity index (χ1) is 49.8. The maximum Gasteiger partial charge on any atom is 0.341 e. The van der Waals surface area contributed by atoms with Gasteiger partial charge in [0, 0.05) is 0 Å². The van der Waals surface area contributed by atoms with E-state index in [2.05, 4.69) is 18.9 Å².